The number of nitrogens with one attached hydrogen (secondary N) is 1. The number of nitrogens with zero attached hydrogens (tertiary/aromatic N) is 3. The largest absolute Gasteiger partial charge is 0.332 e. The highest BCUT2D eigenvalue weighted by atomic mass is 32.1. The minimum atomic E-state index is -0.00759. The summed E-state index contributed by atoms with van der Waals surface area (Å²) >= 11 is 1.76. The molecule has 1 aliphatic carbocycles. The van der Waals surface area contributed by atoms with Crippen LogP contribution in [0.4, 0.5) is 0 Å². The highest BCUT2D eigenvalue weighted by Crippen LogP contribution is 2.38. The lowest BCUT2D eigenvalue weighted by Gasteiger charge is -2.30. The third-order valence-electron chi connectivity index (χ3n) is 3.79. The molecule has 0 saturated carbocycles. The van der Waals surface area contributed by atoms with Crippen LogP contribution in [0.3, 0.4) is 0 Å². The molecule has 0 aromatic carbocycles. The molecule has 1 N–H and O–H groups in total. The van der Waals surface area contributed by atoms with Gasteiger partial charge in [-0.2, -0.15) is 5.10 Å². The number of carbonyl (C=O) groups excluding carboxylic acids is 1. The van der Waals surface area contributed by atoms with Gasteiger partial charge in [-0.1, -0.05) is 6.92 Å². The molecule has 0 spiro atoms. The van der Waals surface area contributed by atoms with Gasteiger partial charge in [0, 0.05) is 13.2 Å². The summed E-state index contributed by atoms with van der Waals surface area (Å²) in [4.78, 5) is 20.2. The summed E-state index contributed by atoms with van der Waals surface area (Å²) in [6, 6.07) is 1.86. The summed E-state index contributed by atoms with van der Waals surface area (Å²) in [5.74, 6) is -0.00759. The summed E-state index contributed by atoms with van der Waals surface area (Å²) in [5.41, 5.74) is 1.73. The van der Waals surface area contributed by atoms with Crippen LogP contribution in [0.25, 0.3) is 0 Å². The first-order valence-electron chi connectivity index (χ1n) is 6.95. The molecule has 0 fully saturated rings. The molecule has 0 bridgehead atoms. The fraction of sp³-hybridized carbons (Fsp3) is 0.500. The van der Waals surface area contributed by atoms with Crippen LogP contribution >= 0.6 is 11.3 Å². The number of aromatic nitrogens is 3. The SMILES string of the molecule is CCc1nc2c(s1)[C@@H](N(C)C(=O)c1ccn[nH]1)CCC2. The number of carbonyl (C=O) groups is 1. The maximum Gasteiger partial charge on any atom is 0.272 e. The first kappa shape index (κ1) is 13.3. The van der Waals surface area contributed by atoms with Crippen LogP contribution in [0.5, 0.6) is 0 Å². The Balaban J connectivity index is 1.88. The van der Waals surface area contributed by atoms with E-state index in [1.807, 2.05) is 11.9 Å². The van der Waals surface area contributed by atoms with E-state index >= 15 is 0 Å². The van der Waals surface area contributed by atoms with Crippen LogP contribution in [0.1, 0.15) is 51.9 Å². The highest BCUT2D eigenvalue weighted by molar-refractivity contribution is 7.11. The van der Waals surface area contributed by atoms with Crippen molar-refractivity contribution in [2.45, 2.75) is 38.6 Å². The van der Waals surface area contributed by atoms with Crippen LogP contribution < -0.4 is 0 Å². The van der Waals surface area contributed by atoms with Crippen molar-refractivity contribution in [3.8, 4) is 0 Å². The standard InChI is InChI=1S/C14H18N4OS/c1-3-12-16-9-5-4-6-11(13(9)20-12)18(2)14(19)10-7-8-15-17-10/h7-8,11H,3-6H2,1-2H3,(H,15,17)/t11-/m0/s1. The summed E-state index contributed by atoms with van der Waals surface area (Å²) < 4.78 is 0. The van der Waals surface area contributed by atoms with Crippen molar-refractivity contribution in [1.29, 1.82) is 0 Å². The van der Waals surface area contributed by atoms with Crippen molar-refractivity contribution < 1.29 is 4.79 Å². The van der Waals surface area contributed by atoms with Gasteiger partial charge in [-0.3, -0.25) is 9.89 Å². The van der Waals surface area contributed by atoms with Gasteiger partial charge in [-0.15, -0.1) is 11.3 Å². The average molecular weight is 290 g/mol. The molecule has 5 nitrogen and oxygen atoms in total. The van der Waals surface area contributed by atoms with Gasteiger partial charge in [0.25, 0.3) is 5.91 Å². The predicted molar refractivity (Wildman–Crippen MR) is 77.9 cm³/mol. The van der Waals surface area contributed by atoms with Crippen molar-refractivity contribution in [2.75, 3.05) is 7.05 Å². The second kappa shape index (κ2) is 5.36. The first-order chi connectivity index (χ1) is 9.70. The molecule has 106 valence electrons. The van der Waals surface area contributed by atoms with E-state index in [0.29, 0.717) is 5.69 Å². The fourth-order valence-electron chi connectivity index (χ4n) is 2.67. The predicted octanol–water partition coefficient (Wildman–Crippen LogP) is 2.58. The topological polar surface area (TPSA) is 61.9 Å². The van der Waals surface area contributed by atoms with Gasteiger partial charge in [0.15, 0.2) is 0 Å². The lowest BCUT2D eigenvalue weighted by atomic mass is 9.97. The highest BCUT2D eigenvalue weighted by Gasteiger charge is 2.30. The molecule has 0 saturated heterocycles. The first-order valence-corrected chi connectivity index (χ1v) is 7.77. The van der Waals surface area contributed by atoms with Gasteiger partial charge in [0.2, 0.25) is 0 Å². The van der Waals surface area contributed by atoms with E-state index in [-0.39, 0.29) is 11.9 Å². The number of hydrogen-bond acceptors (Lipinski definition) is 4. The second-order valence-corrected chi connectivity index (χ2v) is 6.18. The van der Waals surface area contributed by atoms with Gasteiger partial charge >= 0.3 is 0 Å². The number of amides is 1. The Morgan fingerprint density at radius 2 is 2.45 bits per heavy atom. The molecule has 1 aliphatic rings. The number of aromatic amines is 1. The Bertz CT molecular complexity index is 605. The van der Waals surface area contributed by atoms with Crippen molar-refractivity contribution in [2.24, 2.45) is 0 Å². The molecular formula is C14H18N4OS. The molecule has 0 radical (unpaired) electrons. The Kier molecular flexibility index (Phi) is 3.56. The number of H-pyrrole nitrogens is 1. The Hall–Kier alpha value is -1.69. The fourth-order valence-corrected chi connectivity index (χ4v) is 3.91. The molecule has 0 aliphatic heterocycles. The minimum absolute atomic E-state index is 0.00759. The monoisotopic (exact) mass is 290 g/mol. The Morgan fingerprint density at radius 1 is 1.60 bits per heavy atom. The maximum atomic E-state index is 12.4. The van der Waals surface area contributed by atoms with Crippen LogP contribution in [-0.4, -0.2) is 33.0 Å². The molecule has 2 aromatic heterocycles. The summed E-state index contributed by atoms with van der Waals surface area (Å²) in [6.45, 7) is 2.12. The number of hydrogen-bond donors (Lipinski definition) is 1. The number of fused-ring (bicyclic) bond motifs is 1. The van der Waals surface area contributed by atoms with Gasteiger partial charge in [-0.25, -0.2) is 4.98 Å². The van der Waals surface area contributed by atoms with Gasteiger partial charge in [0.1, 0.15) is 5.69 Å². The molecule has 2 aromatic rings. The minimum Gasteiger partial charge on any atom is -0.332 e. The van der Waals surface area contributed by atoms with E-state index in [4.69, 9.17) is 0 Å². The lowest BCUT2D eigenvalue weighted by molar-refractivity contribution is 0.0712. The molecule has 2 heterocycles. The van der Waals surface area contributed by atoms with Crippen LogP contribution in [-0.2, 0) is 12.8 Å². The van der Waals surface area contributed by atoms with Crippen molar-refractivity contribution in [1.82, 2.24) is 20.1 Å². The van der Waals surface area contributed by atoms with Crippen molar-refractivity contribution >= 4 is 17.2 Å². The number of aryl methyl sites for hydroxylation is 2. The quantitative estimate of drug-likeness (QED) is 0.945. The maximum absolute atomic E-state index is 12.4. The number of thiazole rings is 1. The average Bonchev–Trinajstić information content (AvgIpc) is 3.13. The van der Waals surface area contributed by atoms with E-state index in [9.17, 15) is 4.79 Å². The smallest absolute Gasteiger partial charge is 0.272 e. The third kappa shape index (κ3) is 2.24. The van der Waals surface area contributed by atoms with E-state index < -0.39 is 0 Å². The van der Waals surface area contributed by atoms with E-state index in [1.54, 1.807) is 23.6 Å². The zero-order valence-electron chi connectivity index (χ0n) is 11.7. The van der Waals surface area contributed by atoms with Gasteiger partial charge in [-0.05, 0) is 31.7 Å². The second-order valence-electron chi connectivity index (χ2n) is 5.07. The normalized spacial score (nSPS) is 17.8. The number of rotatable bonds is 3. The molecular weight excluding hydrogens is 272 g/mol. The van der Waals surface area contributed by atoms with Crippen LogP contribution in [0.15, 0.2) is 12.3 Å². The van der Waals surface area contributed by atoms with Crippen LogP contribution in [0, 0.1) is 0 Å². The molecule has 1 atom stereocenters. The van der Waals surface area contributed by atoms with Crippen molar-refractivity contribution in [3.05, 3.63) is 33.5 Å². The molecule has 1 amide bonds. The Labute approximate surface area is 122 Å². The van der Waals surface area contributed by atoms with Gasteiger partial charge in [0.05, 0.1) is 21.6 Å². The summed E-state index contributed by atoms with van der Waals surface area (Å²) in [6.07, 6.45) is 5.70. The zero-order chi connectivity index (χ0) is 14.1. The third-order valence-corrected chi connectivity index (χ3v) is 5.13. The molecule has 6 heteroatoms. The Morgan fingerprint density at radius 3 is 3.15 bits per heavy atom. The summed E-state index contributed by atoms with van der Waals surface area (Å²) in [5, 5.41) is 7.76. The van der Waals surface area contributed by atoms with E-state index in [1.165, 1.54) is 15.6 Å². The molecule has 0 unspecified atom stereocenters. The van der Waals surface area contributed by atoms with E-state index in [2.05, 4.69) is 22.1 Å². The molecule has 20 heavy (non-hydrogen) atoms. The summed E-state index contributed by atoms with van der Waals surface area (Å²) in [7, 11) is 1.87. The van der Waals surface area contributed by atoms with Crippen LogP contribution in [0.2, 0.25) is 0 Å². The lowest BCUT2D eigenvalue weighted by Crippen LogP contribution is -2.33. The van der Waals surface area contributed by atoms with E-state index in [0.717, 1.165) is 25.7 Å². The van der Waals surface area contributed by atoms with Crippen molar-refractivity contribution in [3.63, 3.8) is 0 Å². The zero-order valence-corrected chi connectivity index (χ0v) is 12.5. The van der Waals surface area contributed by atoms with Gasteiger partial charge < -0.3 is 4.90 Å². The molecule has 3 rings (SSSR count).